The van der Waals surface area contributed by atoms with Crippen LogP contribution in [-0.2, 0) is 6.42 Å². The first-order valence-corrected chi connectivity index (χ1v) is 7.89. The van der Waals surface area contributed by atoms with Crippen LogP contribution in [0.4, 0.5) is 4.39 Å². The van der Waals surface area contributed by atoms with Crippen molar-refractivity contribution in [1.82, 2.24) is 25.4 Å². The van der Waals surface area contributed by atoms with Gasteiger partial charge < -0.3 is 14.8 Å². The topological polar surface area (TPSA) is 96.7 Å². The summed E-state index contributed by atoms with van der Waals surface area (Å²) >= 11 is 0. The fourth-order valence-corrected chi connectivity index (χ4v) is 2.84. The molecular weight excluding hydrogens is 325 g/mol. The van der Waals surface area contributed by atoms with Crippen LogP contribution >= 0.6 is 0 Å². The first-order valence-electron chi connectivity index (χ1n) is 7.89. The molecule has 128 valence electrons. The van der Waals surface area contributed by atoms with Gasteiger partial charge in [0, 0.05) is 12.2 Å². The quantitative estimate of drug-likeness (QED) is 0.747. The van der Waals surface area contributed by atoms with E-state index in [0.717, 1.165) is 5.69 Å². The van der Waals surface area contributed by atoms with Gasteiger partial charge in [0.05, 0.1) is 5.56 Å². The third kappa shape index (κ3) is 2.79. The van der Waals surface area contributed by atoms with Crippen molar-refractivity contribution in [3.05, 3.63) is 41.5 Å². The number of benzene rings is 1. The van der Waals surface area contributed by atoms with E-state index in [9.17, 15) is 9.18 Å². The van der Waals surface area contributed by atoms with Gasteiger partial charge in [0.1, 0.15) is 11.5 Å². The molecule has 1 amide bonds. The average molecular weight is 341 g/mol. The van der Waals surface area contributed by atoms with Gasteiger partial charge in [0.15, 0.2) is 5.82 Å². The van der Waals surface area contributed by atoms with E-state index >= 15 is 0 Å². The van der Waals surface area contributed by atoms with Crippen LogP contribution in [0.3, 0.4) is 0 Å². The molecule has 0 saturated carbocycles. The highest BCUT2D eigenvalue weighted by Crippen LogP contribution is 2.28. The number of hydrogen-bond acceptors (Lipinski definition) is 5. The number of aromatic amines is 1. The molecule has 0 fully saturated rings. The summed E-state index contributed by atoms with van der Waals surface area (Å²) < 4.78 is 19.1. The Morgan fingerprint density at radius 2 is 2.04 bits per heavy atom. The Morgan fingerprint density at radius 1 is 1.24 bits per heavy atom. The molecule has 4 rings (SSSR count). The van der Waals surface area contributed by atoms with Crippen molar-refractivity contribution in [2.75, 3.05) is 6.54 Å². The van der Waals surface area contributed by atoms with Gasteiger partial charge in [-0.3, -0.25) is 4.79 Å². The molecule has 2 aromatic heterocycles. The average Bonchev–Trinajstić information content (AvgIpc) is 3.18. The number of nitrogens with zero attached hydrogens (tertiary/aromatic N) is 3. The summed E-state index contributed by atoms with van der Waals surface area (Å²) in [5.41, 5.74) is 1.19. The van der Waals surface area contributed by atoms with Crippen molar-refractivity contribution in [3.8, 4) is 23.1 Å². The Hall–Kier alpha value is -3.03. The minimum absolute atomic E-state index is 0.0993. The first kappa shape index (κ1) is 15.5. The molecule has 1 aliphatic rings. The third-order valence-corrected chi connectivity index (χ3v) is 4.12. The first-order chi connectivity index (χ1) is 11.9. The van der Waals surface area contributed by atoms with Gasteiger partial charge in [-0.05, 0) is 24.0 Å². The smallest absolute Gasteiger partial charge is 0.294 e. The molecule has 1 aromatic carbocycles. The maximum Gasteiger partial charge on any atom is 0.294 e. The number of hydrogen-bond donors (Lipinski definition) is 2. The maximum atomic E-state index is 13.9. The van der Waals surface area contributed by atoms with E-state index in [2.05, 4.69) is 39.3 Å². The summed E-state index contributed by atoms with van der Waals surface area (Å²) in [7, 11) is 0. The molecule has 7 nitrogen and oxygen atoms in total. The minimum Gasteiger partial charge on any atom is -0.350 e. The highest BCUT2D eigenvalue weighted by molar-refractivity contribution is 5.94. The van der Waals surface area contributed by atoms with Crippen LogP contribution in [0, 0.1) is 11.2 Å². The standard InChI is InChI=1S/C17H16FN5O2/c1-17(2)7-11-12(15(24)19-8-17)21-14(20-11)16-22-13(23-25-16)9-5-3-4-6-10(9)18/h3-6H,7-8H2,1-2H3,(H,19,24)(H,20,21). The van der Waals surface area contributed by atoms with E-state index in [1.165, 1.54) is 6.07 Å². The number of H-pyrrole nitrogens is 1. The van der Waals surface area contributed by atoms with Crippen LogP contribution in [0.25, 0.3) is 23.1 Å². The summed E-state index contributed by atoms with van der Waals surface area (Å²) in [6.07, 6.45) is 0.655. The Kier molecular flexibility index (Phi) is 3.41. The van der Waals surface area contributed by atoms with Gasteiger partial charge in [-0.15, -0.1) is 0 Å². The van der Waals surface area contributed by atoms with Crippen LogP contribution in [0.5, 0.6) is 0 Å². The molecule has 0 bridgehead atoms. The second-order valence-corrected chi connectivity index (χ2v) is 6.84. The fraction of sp³-hybridized carbons (Fsp3) is 0.294. The number of nitrogens with one attached hydrogen (secondary N) is 2. The lowest BCUT2D eigenvalue weighted by Crippen LogP contribution is -2.32. The number of carbonyl (C=O) groups excluding carboxylic acids is 1. The van der Waals surface area contributed by atoms with Gasteiger partial charge in [0.25, 0.3) is 11.8 Å². The summed E-state index contributed by atoms with van der Waals surface area (Å²) in [5.74, 6) is -0.141. The number of rotatable bonds is 2. The number of aromatic nitrogens is 4. The van der Waals surface area contributed by atoms with Crippen molar-refractivity contribution >= 4 is 5.91 Å². The summed E-state index contributed by atoms with van der Waals surface area (Å²) in [6.45, 7) is 4.70. The Labute approximate surface area is 142 Å². The molecule has 0 saturated heterocycles. The Bertz CT molecular complexity index is 960. The molecule has 0 aliphatic carbocycles. The van der Waals surface area contributed by atoms with Crippen molar-refractivity contribution in [2.45, 2.75) is 20.3 Å². The largest absolute Gasteiger partial charge is 0.350 e. The normalized spacial score (nSPS) is 16.2. The minimum atomic E-state index is -0.439. The van der Waals surface area contributed by atoms with Crippen molar-refractivity contribution in [3.63, 3.8) is 0 Å². The second kappa shape index (κ2) is 5.51. The molecule has 3 heterocycles. The molecule has 0 unspecified atom stereocenters. The summed E-state index contributed by atoms with van der Waals surface area (Å²) in [6, 6.07) is 6.17. The molecule has 25 heavy (non-hydrogen) atoms. The van der Waals surface area contributed by atoms with E-state index in [1.807, 2.05) is 0 Å². The number of fused-ring (bicyclic) bond motifs is 1. The maximum absolute atomic E-state index is 13.9. The van der Waals surface area contributed by atoms with Gasteiger partial charge >= 0.3 is 0 Å². The van der Waals surface area contributed by atoms with Gasteiger partial charge in [-0.1, -0.05) is 31.1 Å². The lowest BCUT2D eigenvalue weighted by molar-refractivity contribution is 0.0940. The van der Waals surface area contributed by atoms with E-state index in [4.69, 9.17) is 4.52 Å². The Balaban J connectivity index is 1.72. The SMILES string of the molecule is CC1(C)CNC(=O)c2nc(-c3nc(-c4ccccc4F)no3)[nH]c2C1. The molecule has 3 aromatic rings. The molecule has 1 aliphatic heterocycles. The number of halogens is 1. The fourth-order valence-electron chi connectivity index (χ4n) is 2.84. The third-order valence-electron chi connectivity index (χ3n) is 4.12. The van der Waals surface area contributed by atoms with E-state index in [-0.39, 0.29) is 28.6 Å². The number of carbonyl (C=O) groups is 1. The molecule has 2 N–H and O–H groups in total. The Morgan fingerprint density at radius 3 is 2.84 bits per heavy atom. The molecule has 0 radical (unpaired) electrons. The van der Waals surface area contributed by atoms with Crippen LogP contribution in [0.2, 0.25) is 0 Å². The van der Waals surface area contributed by atoms with E-state index < -0.39 is 5.82 Å². The highest BCUT2D eigenvalue weighted by atomic mass is 19.1. The number of imidazole rings is 1. The van der Waals surface area contributed by atoms with Crippen LogP contribution < -0.4 is 5.32 Å². The van der Waals surface area contributed by atoms with E-state index in [0.29, 0.717) is 24.5 Å². The molecule has 8 heteroatoms. The highest BCUT2D eigenvalue weighted by Gasteiger charge is 2.31. The van der Waals surface area contributed by atoms with E-state index in [1.54, 1.807) is 18.2 Å². The van der Waals surface area contributed by atoms with Crippen molar-refractivity contribution in [2.24, 2.45) is 5.41 Å². The lowest BCUT2D eigenvalue weighted by Gasteiger charge is -2.21. The predicted octanol–water partition coefficient (Wildman–Crippen LogP) is 2.58. The second-order valence-electron chi connectivity index (χ2n) is 6.84. The number of amides is 1. The zero-order chi connectivity index (χ0) is 17.6. The van der Waals surface area contributed by atoms with Crippen molar-refractivity contribution in [1.29, 1.82) is 0 Å². The zero-order valence-electron chi connectivity index (χ0n) is 13.8. The summed E-state index contributed by atoms with van der Waals surface area (Å²) in [4.78, 5) is 23.8. The molecule has 0 spiro atoms. The van der Waals surface area contributed by atoms with Gasteiger partial charge in [-0.25, -0.2) is 9.37 Å². The summed E-state index contributed by atoms with van der Waals surface area (Å²) in [5, 5.41) is 6.67. The van der Waals surface area contributed by atoms with Crippen molar-refractivity contribution < 1.29 is 13.7 Å². The monoisotopic (exact) mass is 341 g/mol. The molecule has 0 atom stereocenters. The van der Waals surface area contributed by atoms with Gasteiger partial charge in [-0.2, -0.15) is 4.98 Å². The lowest BCUT2D eigenvalue weighted by atomic mass is 9.88. The molecular formula is C17H16FN5O2. The zero-order valence-corrected chi connectivity index (χ0v) is 13.8. The van der Waals surface area contributed by atoms with Crippen LogP contribution in [-0.4, -0.2) is 32.6 Å². The van der Waals surface area contributed by atoms with Crippen LogP contribution in [0.15, 0.2) is 28.8 Å². The van der Waals surface area contributed by atoms with Gasteiger partial charge in [0.2, 0.25) is 5.82 Å². The predicted molar refractivity (Wildman–Crippen MR) is 87.1 cm³/mol. The van der Waals surface area contributed by atoms with Crippen LogP contribution in [0.1, 0.15) is 30.0 Å².